The van der Waals surface area contributed by atoms with Crippen LogP contribution in [0, 0.1) is 0 Å². The molecular formula is C16H22ClN3. The van der Waals surface area contributed by atoms with Gasteiger partial charge < -0.3 is 4.57 Å². The van der Waals surface area contributed by atoms with Gasteiger partial charge in [-0.05, 0) is 43.7 Å². The van der Waals surface area contributed by atoms with E-state index in [1.54, 1.807) is 6.33 Å². The Morgan fingerprint density at radius 2 is 2.25 bits per heavy atom. The quantitative estimate of drug-likeness (QED) is 0.528. The van der Waals surface area contributed by atoms with E-state index in [9.17, 15) is 0 Å². The van der Waals surface area contributed by atoms with Crippen LogP contribution in [0.25, 0.3) is 5.57 Å². The molecule has 0 fully saturated rings. The Hall–Kier alpha value is -1.61. The third-order valence-electron chi connectivity index (χ3n) is 3.11. The fourth-order valence-electron chi connectivity index (χ4n) is 1.80. The Bertz CT molecular complexity index is 550. The van der Waals surface area contributed by atoms with E-state index in [0.717, 1.165) is 41.8 Å². The third kappa shape index (κ3) is 4.49. The molecule has 0 saturated heterocycles. The molecule has 20 heavy (non-hydrogen) atoms. The number of aliphatic imine (C=N–C) groups is 1. The minimum atomic E-state index is 0.486. The molecule has 1 rings (SSSR count). The lowest BCUT2D eigenvalue weighted by atomic mass is 10.0. The molecule has 0 aliphatic heterocycles. The number of rotatable bonds is 7. The van der Waals surface area contributed by atoms with Gasteiger partial charge in [-0.15, -0.1) is 0 Å². The standard InChI is InChI=1S/C16H22ClN3/c1-6-7-8-14(16-10-20(5)11-19-16)9-15(18-4)12(2)13(3)17/h9-11H,3-4,6-8H2,1-2,5H3/b14-9+,15-12-. The number of hydrogen-bond acceptors (Lipinski definition) is 2. The molecule has 0 unspecified atom stereocenters. The van der Waals surface area contributed by atoms with Crippen LogP contribution in [-0.4, -0.2) is 16.3 Å². The van der Waals surface area contributed by atoms with Gasteiger partial charge in [0.05, 0.1) is 17.7 Å². The van der Waals surface area contributed by atoms with E-state index >= 15 is 0 Å². The van der Waals surface area contributed by atoms with Crippen molar-refractivity contribution < 1.29 is 0 Å². The van der Waals surface area contributed by atoms with Crippen LogP contribution in [0.1, 0.15) is 38.8 Å². The minimum Gasteiger partial charge on any atom is -0.340 e. The van der Waals surface area contributed by atoms with E-state index in [-0.39, 0.29) is 0 Å². The third-order valence-corrected chi connectivity index (χ3v) is 3.39. The maximum Gasteiger partial charge on any atom is 0.0951 e. The van der Waals surface area contributed by atoms with Gasteiger partial charge in [-0.3, -0.25) is 4.99 Å². The zero-order valence-electron chi connectivity index (χ0n) is 12.5. The SMILES string of the molecule is C=NC(/C=C(\CCCC)c1cn(C)cn1)=C(/C)C(=C)Cl. The number of aryl methyl sites for hydroxylation is 1. The lowest BCUT2D eigenvalue weighted by Gasteiger charge is -2.07. The maximum atomic E-state index is 5.95. The lowest BCUT2D eigenvalue weighted by molar-refractivity contribution is 0.822. The number of allylic oxidation sites excluding steroid dienone is 4. The molecule has 0 atom stereocenters. The summed E-state index contributed by atoms with van der Waals surface area (Å²) in [7, 11) is 1.96. The highest BCUT2D eigenvalue weighted by Gasteiger charge is 2.08. The number of imidazole rings is 1. The fourth-order valence-corrected chi connectivity index (χ4v) is 1.89. The van der Waals surface area contributed by atoms with Crippen molar-refractivity contribution in [3.8, 4) is 0 Å². The van der Waals surface area contributed by atoms with Gasteiger partial charge >= 0.3 is 0 Å². The molecule has 0 N–H and O–H groups in total. The van der Waals surface area contributed by atoms with Crippen LogP contribution in [0.4, 0.5) is 0 Å². The summed E-state index contributed by atoms with van der Waals surface area (Å²) < 4.78 is 1.94. The molecule has 1 aromatic heterocycles. The van der Waals surface area contributed by atoms with Gasteiger partial charge in [-0.2, -0.15) is 0 Å². The van der Waals surface area contributed by atoms with E-state index in [2.05, 4.69) is 30.2 Å². The Labute approximate surface area is 126 Å². The van der Waals surface area contributed by atoms with Crippen LogP contribution in [0.5, 0.6) is 0 Å². The van der Waals surface area contributed by atoms with Gasteiger partial charge in [-0.25, -0.2) is 4.98 Å². The molecule has 1 aromatic rings. The summed E-state index contributed by atoms with van der Waals surface area (Å²) in [6.07, 6.45) is 9.00. The highest BCUT2D eigenvalue weighted by molar-refractivity contribution is 6.31. The summed E-state index contributed by atoms with van der Waals surface area (Å²) in [5.41, 5.74) is 3.70. The predicted molar refractivity (Wildman–Crippen MR) is 88.0 cm³/mol. The predicted octanol–water partition coefficient (Wildman–Crippen LogP) is 4.72. The van der Waals surface area contributed by atoms with Crippen LogP contribution in [-0.2, 0) is 7.05 Å². The van der Waals surface area contributed by atoms with Crippen LogP contribution in [0.15, 0.2) is 46.5 Å². The Morgan fingerprint density at radius 3 is 2.70 bits per heavy atom. The average molecular weight is 292 g/mol. The van der Waals surface area contributed by atoms with Gasteiger partial charge in [0.1, 0.15) is 0 Å². The molecule has 0 aliphatic rings. The van der Waals surface area contributed by atoms with Crippen molar-refractivity contribution in [1.29, 1.82) is 0 Å². The van der Waals surface area contributed by atoms with E-state index < -0.39 is 0 Å². The van der Waals surface area contributed by atoms with Gasteiger partial charge in [0.15, 0.2) is 0 Å². The summed E-state index contributed by atoms with van der Waals surface area (Å²) in [5, 5.41) is 0.486. The summed E-state index contributed by atoms with van der Waals surface area (Å²) in [5.74, 6) is 0. The Kier molecular flexibility index (Phi) is 6.46. The van der Waals surface area contributed by atoms with Crippen molar-refractivity contribution >= 4 is 23.9 Å². The molecule has 3 nitrogen and oxygen atoms in total. The van der Waals surface area contributed by atoms with E-state index in [0.29, 0.717) is 5.03 Å². The molecule has 0 aromatic carbocycles. The molecule has 0 spiro atoms. The highest BCUT2D eigenvalue weighted by Crippen LogP contribution is 2.25. The van der Waals surface area contributed by atoms with Gasteiger partial charge in [0.25, 0.3) is 0 Å². The summed E-state index contributed by atoms with van der Waals surface area (Å²) in [4.78, 5) is 8.48. The zero-order valence-corrected chi connectivity index (χ0v) is 13.2. The first-order valence-electron chi connectivity index (χ1n) is 6.70. The van der Waals surface area contributed by atoms with Crippen molar-refractivity contribution in [2.45, 2.75) is 33.1 Å². The normalized spacial score (nSPS) is 13.1. The molecule has 0 bridgehead atoms. The first-order valence-corrected chi connectivity index (χ1v) is 7.08. The second kappa shape index (κ2) is 7.85. The first kappa shape index (κ1) is 16.4. The van der Waals surface area contributed by atoms with Crippen LogP contribution in [0.2, 0.25) is 0 Å². The highest BCUT2D eigenvalue weighted by atomic mass is 35.5. The topological polar surface area (TPSA) is 30.2 Å². The number of aromatic nitrogens is 2. The summed E-state index contributed by atoms with van der Waals surface area (Å²) >= 11 is 5.95. The van der Waals surface area contributed by atoms with Crippen LogP contribution >= 0.6 is 11.6 Å². The average Bonchev–Trinajstić information content (AvgIpc) is 2.85. The first-order chi connectivity index (χ1) is 9.49. The molecule has 108 valence electrons. The molecule has 1 heterocycles. The number of unbranched alkanes of at least 4 members (excludes halogenated alkanes) is 1. The molecule has 0 saturated carbocycles. The second-order valence-corrected chi connectivity index (χ2v) is 5.23. The van der Waals surface area contributed by atoms with E-state index in [4.69, 9.17) is 11.6 Å². The molecule has 0 amide bonds. The van der Waals surface area contributed by atoms with Gasteiger partial charge in [0.2, 0.25) is 0 Å². The smallest absolute Gasteiger partial charge is 0.0951 e. The molecule has 0 aliphatic carbocycles. The van der Waals surface area contributed by atoms with Crippen molar-refractivity contribution in [3.63, 3.8) is 0 Å². The van der Waals surface area contributed by atoms with Gasteiger partial charge in [0, 0.05) is 18.3 Å². The zero-order chi connectivity index (χ0) is 15.1. The summed E-state index contributed by atoms with van der Waals surface area (Å²) in [6.45, 7) is 11.4. The lowest BCUT2D eigenvalue weighted by Crippen LogP contribution is -1.90. The number of nitrogens with zero attached hydrogens (tertiary/aromatic N) is 3. The molecular weight excluding hydrogens is 270 g/mol. The molecule has 0 radical (unpaired) electrons. The number of halogens is 1. The van der Waals surface area contributed by atoms with E-state index in [1.165, 1.54) is 0 Å². The Balaban J connectivity index is 3.21. The Morgan fingerprint density at radius 1 is 1.55 bits per heavy atom. The number of hydrogen-bond donors (Lipinski definition) is 0. The van der Waals surface area contributed by atoms with Crippen molar-refractivity contribution in [3.05, 3.63) is 47.2 Å². The van der Waals surface area contributed by atoms with Crippen molar-refractivity contribution in [2.75, 3.05) is 0 Å². The van der Waals surface area contributed by atoms with Crippen LogP contribution < -0.4 is 0 Å². The monoisotopic (exact) mass is 291 g/mol. The largest absolute Gasteiger partial charge is 0.340 e. The summed E-state index contributed by atoms with van der Waals surface area (Å²) in [6, 6.07) is 0. The van der Waals surface area contributed by atoms with Crippen molar-refractivity contribution in [2.24, 2.45) is 12.0 Å². The minimum absolute atomic E-state index is 0.486. The van der Waals surface area contributed by atoms with E-state index in [1.807, 2.05) is 30.8 Å². The van der Waals surface area contributed by atoms with Gasteiger partial charge in [-0.1, -0.05) is 31.5 Å². The van der Waals surface area contributed by atoms with Crippen LogP contribution in [0.3, 0.4) is 0 Å². The van der Waals surface area contributed by atoms with Crippen molar-refractivity contribution in [1.82, 2.24) is 9.55 Å². The fraction of sp³-hybridized carbons (Fsp3) is 0.375. The molecule has 4 heteroatoms. The second-order valence-electron chi connectivity index (χ2n) is 4.77. The maximum absolute atomic E-state index is 5.95.